The molecule has 1 heterocycles. The maximum atomic E-state index is 13.6. The first-order valence-electron chi connectivity index (χ1n) is 13.0. The van der Waals surface area contributed by atoms with Crippen molar-refractivity contribution < 1.29 is 19.1 Å². The molecule has 0 aliphatic carbocycles. The summed E-state index contributed by atoms with van der Waals surface area (Å²) < 4.78 is 10.2. The van der Waals surface area contributed by atoms with E-state index in [0.717, 1.165) is 37.2 Å². The van der Waals surface area contributed by atoms with Gasteiger partial charge in [0, 0.05) is 50.2 Å². The van der Waals surface area contributed by atoms with Crippen molar-refractivity contribution in [2.24, 2.45) is 5.92 Å². The maximum Gasteiger partial charge on any atom is 0.254 e. The molecule has 0 radical (unpaired) electrons. The number of piperidine rings is 1. The van der Waals surface area contributed by atoms with Crippen molar-refractivity contribution in [3.8, 4) is 5.75 Å². The van der Waals surface area contributed by atoms with E-state index in [4.69, 9.17) is 9.47 Å². The summed E-state index contributed by atoms with van der Waals surface area (Å²) in [7, 11) is 7.41. The minimum Gasteiger partial charge on any atom is -0.497 e. The van der Waals surface area contributed by atoms with Crippen molar-refractivity contribution >= 4 is 23.2 Å². The quantitative estimate of drug-likeness (QED) is 0.491. The lowest BCUT2D eigenvalue weighted by atomic mass is 10.0. The van der Waals surface area contributed by atoms with Gasteiger partial charge >= 0.3 is 0 Å². The van der Waals surface area contributed by atoms with Gasteiger partial charge in [-0.15, -0.1) is 0 Å². The van der Waals surface area contributed by atoms with Gasteiger partial charge in [-0.25, -0.2) is 0 Å². The van der Waals surface area contributed by atoms with Crippen molar-refractivity contribution in [1.29, 1.82) is 0 Å². The van der Waals surface area contributed by atoms with E-state index in [1.807, 2.05) is 29.2 Å². The Morgan fingerprint density at radius 1 is 1.08 bits per heavy atom. The number of nitrogens with zero attached hydrogens (tertiary/aromatic N) is 3. The monoisotopic (exact) mass is 510 g/mol. The van der Waals surface area contributed by atoms with E-state index >= 15 is 0 Å². The molecule has 37 heavy (non-hydrogen) atoms. The number of anilines is 2. The number of carbonyl (C=O) groups excluding carboxylic acids is 2. The fourth-order valence-corrected chi connectivity index (χ4v) is 4.82. The molecule has 1 fully saturated rings. The van der Waals surface area contributed by atoms with E-state index in [1.54, 1.807) is 19.2 Å². The van der Waals surface area contributed by atoms with Crippen molar-refractivity contribution in [1.82, 2.24) is 9.80 Å². The Balaban J connectivity index is 1.94. The highest BCUT2D eigenvalue weighted by atomic mass is 16.5. The average Bonchev–Trinajstić information content (AvgIpc) is 2.88. The molecule has 0 aromatic heterocycles. The number of likely N-dealkylation sites (tertiary alicyclic amines) is 1. The second-order valence-corrected chi connectivity index (χ2v) is 10.3. The number of rotatable bonds is 11. The lowest BCUT2D eigenvalue weighted by molar-refractivity contribution is -0.119. The van der Waals surface area contributed by atoms with Crippen LogP contribution in [0.4, 0.5) is 11.4 Å². The molecule has 0 spiro atoms. The molecule has 1 saturated heterocycles. The second-order valence-electron chi connectivity index (χ2n) is 10.3. The highest BCUT2D eigenvalue weighted by molar-refractivity contribution is 5.94. The minimum atomic E-state index is -0.210. The van der Waals surface area contributed by atoms with Crippen LogP contribution >= 0.6 is 0 Å². The summed E-state index contributed by atoms with van der Waals surface area (Å²) in [6, 6.07) is 13.6. The molecule has 8 nitrogen and oxygen atoms in total. The van der Waals surface area contributed by atoms with E-state index in [-0.39, 0.29) is 18.4 Å². The van der Waals surface area contributed by atoms with Crippen LogP contribution in [-0.2, 0) is 16.1 Å². The zero-order valence-corrected chi connectivity index (χ0v) is 23.1. The summed E-state index contributed by atoms with van der Waals surface area (Å²) in [6.45, 7) is 7.38. The molecule has 2 amide bonds. The van der Waals surface area contributed by atoms with E-state index in [0.29, 0.717) is 42.0 Å². The van der Waals surface area contributed by atoms with Crippen molar-refractivity contribution in [3.63, 3.8) is 0 Å². The molecule has 8 heteroatoms. The molecule has 0 bridgehead atoms. The topological polar surface area (TPSA) is 74.4 Å². The number of amides is 2. The number of carbonyl (C=O) groups is 2. The van der Waals surface area contributed by atoms with Gasteiger partial charge in [-0.05, 0) is 86.9 Å². The van der Waals surface area contributed by atoms with Crippen LogP contribution in [-0.4, -0.2) is 82.2 Å². The summed E-state index contributed by atoms with van der Waals surface area (Å²) in [6.07, 6.45) is 2.17. The Morgan fingerprint density at radius 3 is 2.35 bits per heavy atom. The molecule has 1 aliphatic rings. The fourth-order valence-electron chi connectivity index (χ4n) is 4.82. The Labute approximate surface area is 221 Å². The highest BCUT2D eigenvalue weighted by Gasteiger charge is 2.25. The zero-order valence-electron chi connectivity index (χ0n) is 23.1. The Kier molecular flexibility index (Phi) is 10.3. The average molecular weight is 511 g/mol. The highest BCUT2D eigenvalue weighted by Crippen LogP contribution is 2.30. The number of nitrogens with one attached hydrogen (secondary N) is 1. The van der Waals surface area contributed by atoms with Crippen molar-refractivity contribution in [2.75, 3.05) is 64.8 Å². The third-order valence-corrected chi connectivity index (χ3v) is 6.83. The summed E-state index contributed by atoms with van der Waals surface area (Å²) in [5, 5.41) is 2.92. The van der Waals surface area contributed by atoms with E-state index in [2.05, 4.69) is 49.1 Å². The van der Waals surface area contributed by atoms with Crippen molar-refractivity contribution in [3.05, 3.63) is 53.6 Å². The predicted molar refractivity (Wildman–Crippen MR) is 148 cm³/mol. The van der Waals surface area contributed by atoms with Crippen LogP contribution in [0.1, 0.15) is 42.6 Å². The summed E-state index contributed by atoms with van der Waals surface area (Å²) in [4.78, 5) is 32.4. The molecule has 3 rings (SSSR count). The van der Waals surface area contributed by atoms with Gasteiger partial charge in [0.2, 0.25) is 5.91 Å². The number of hydrogen-bond donors (Lipinski definition) is 1. The Bertz CT molecular complexity index is 1030. The predicted octanol–water partition coefficient (Wildman–Crippen LogP) is 4.11. The zero-order chi connectivity index (χ0) is 26.9. The Hall–Kier alpha value is -3.10. The normalized spacial score (nSPS) is 14.5. The number of benzene rings is 2. The molecule has 0 atom stereocenters. The summed E-state index contributed by atoms with van der Waals surface area (Å²) >= 11 is 0. The van der Waals surface area contributed by atoms with Crippen LogP contribution in [0, 0.1) is 5.92 Å². The standard InChI is InChI=1S/C29H42N4O4/c1-21(2)18-33(29(35)22-7-10-26(37-6)11-8-22)19-23-17-24(30-28(34)20-36-5)9-12-27(23)32(4)25-13-15-31(3)16-14-25/h7-12,17,21,25H,13-16,18-20H2,1-6H3,(H,30,34). The summed E-state index contributed by atoms with van der Waals surface area (Å²) in [5.74, 6) is 0.770. The molecular formula is C29H42N4O4. The lowest BCUT2D eigenvalue weighted by Gasteiger charge is -2.38. The number of methoxy groups -OCH3 is 2. The second kappa shape index (κ2) is 13.4. The van der Waals surface area contributed by atoms with E-state index < -0.39 is 0 Å². The van der Waals surface area contributed by atoms with Crippen LogP contribution in [0.2, 0.25) is 0 Å². The third kappa shape index (κ3) is 7.94. The molecule has 0 unspecified atom stereocenters. The van der Waals surface area contributed by atoms with Crippen LogP contribution in [0.25, 0.3) is 0 Å². The molecular weight excluding hydrogens is 468 g/mol. The number of ether oxygens (including phenoxy) is 2. The van der Waals surface area contributed by atoms with Gasteiger partial charge in [-0.2, -0.15) is 0 Å². The van der Waals surface area contributed by atoms with Gasteiger partial charge < -0.3 is 29.5 Å². The van der Waals surface area contributed by atoms with Crippen LogP contribution in [0.3, 0.4) is 0 Å². The first kappa shape index (κ1) is 28.5. The van der Waals surface area contributed by atoms with E-state index in [1.165, 1.54) is 7.11 Å². The minimum absolute atomic E-state index is 0.0119. The van der Waals surface area contributed by atoms with Crippen molar-refractivity contribution in [2.45, 2.75) is 39.3 Å². The lowest BCUT2D eigenvalue weighted by Crippen LogP contribution is -2.42. The smallest absolute Gasteiger partial charge is 0.254 e. The SMILES string of the molecule is COCC(=O)Nc1ccc(N(C)C2CCN(C)CC2)c(CN(CC(C)C)C(=O)c2ccc(OC)cc2)c1. The van der Waals surface area contributed by atoms with Gasteiger partial charge in [-0.1, -0.05) is 13.8 Å². The molecule has 0 saturated carbocycles. The Morgan fingerprint density at radius 2 is 1.76 bits per heavy atom. The fraction of sp³-hybridized carbons (Fsp3) is 0.517. The largest absolute Gasteiger partial charge is 0.497 e. The first-order chi connectivity index (χ1) is 17.7. The molecule has 1 N–H and O–H groups in total. The van der Waals surface area contributed by atoms with Gasteiger partial charge in [0.05, 0.1) is 7.11 Å². The van der Waals surface area contributed by atoms with Crippen LogP contribution in [0.5, 0.6) is 5.75 Å². The molecule has 202 valence electrons. The summed E-state index contributed by atoms with van der Waals surface area (Å²) in [5.41, 5.74) is 3.39. The van der Waals surface area contributed by atoms with E-state index in [9.17, 15) is 9.59 Å². The molecule has 2 aromatic rings. The molecule has 2 aromatic carbocycles. The maximum absolute atomic E-state index is 13.6. The van der Waals surface area contributed by atoms with Gasteiger partial charge in [0.25, 0.3) is 5.91 Å². The van der Waals surface area contributed by atoms with Gasteiger partial charge in [0.1, 0.15) is 12.4 Å². The third-order valence-electron chi connectivity index (χ3n) is 6.83. The molecule has 1 aliphatic heterocycles. The van der Waals surface area contributed by atoms with Crippen LogP contribution in [0.15, 0.2) is 42.5 Å². The van der Waals surface area contributed by atoms with Crippen LogP contribution < -0.4 is 15.0 Å². The van der Waals surface area contributed by atoms with Gasteiger partial charge in [-0.3, -0.25) is 9.59 Å². The number of hydrogen-bond acceptors (Lipinski definition) is 6. The first-order valence-corrected chi connectivity index (χ1v) is 13.0. The van der Waals surface area contributed by atoms with Gasteiger partial charge in [0.15, 0.2) is 0 Å².